The second-order valence-electron chi connectivity index (χ2n) is 3.56. The topological polar surface area (TPSA) is 46.6 Å². The molecule has 80 valence electrons. The number of nitrogens with zero attached hydrogens (tertiary/aromatic N) is 1. The van der Waals surface area contributed by atoms with Crippen LogP contribution in [0.5, 0.6) is 0 Å². The monoisotopic (exact) mass is 199 g/mol. The molecule has 1 aliphatic rings. The normalized spacial score (nSPS) is 24.4. The molecule has 0 aliphatic carbocycles. The highest BCUT2D eigenvalue weighted by Gasteiger charge is 2.32. The fourth-order valence-corrected chi connectivity index (χ4v) is 1.70. The van der Waals surface area contributed by atoms with Crippen molar-refractivity contribution >= 4 is 11.8 Å². The van der Waals surface area contributed by atoms with Crippen molar-refractivity contribution in [1.29, 1.82) is 0 Å². The first-order valence-corrected chi connectivity index (χ1v) is 5.06. The summed E-state index contributed by atoms with van der Waals surface area (Å²) in [6, 6.07) is -0.669. The number of carbonyl (C=O) groups is 2. The van der Waals surface area contributed by atoms with Gasteiger partial charge in [0, 0.05) is 6.42 Å². The highest BCUT2D eigenvalue weighted by Crippen LogP contribution is 2.13. The van der Waals surface area contributed by atoms with Crippen LogP contribution in [0.1, 0.15) is 26.2 Å². The molecule has 1 atom stereocenters. The highest BCUT2D eigenvalue weighted by atomic mass is 16.5. The van der Waals surface area contributed by atoms with Gasteiger partial charge in [-0.1, -0.05) is 0 Å². The maximum atomic E-state index is 11.6. The van der Waals surface area contributed by atoms with E-state index in [0.717, 1.165) is 19.4 Å². The lowest BCUT2D eigenvalue weighted by Crippen LogP contribution is -2.44. The zero-order valence-corrected chi connectivity index (χ0v) is 8.78. The summed E-state index contributed by atoms with van der Waals surface area (Å²) in [4.78, 5) is 24.9. The van der Waals surface area contributed by atoms with Crippen molar-refractivity contribution in [3.63, 3.8) is 0 Å². The van der Waals surface area contributed by atoms with Gasteiger partial charge < -0.3 is 4.74 Å². The van der Waals surface area contributed by atoms with E-state index in [9.17, 15) is 9.59 Å². The van der Waals surface area contributed by atoms with Crippen LogP contribution >= 0.6 is 0 Å². The third-order valence-corrected chi connectivity index (χ3v) is 2.44. The van der Waals surface area contributed by atoms with Gasteiger partial charge in [0.1, 0.15) is 0 Å². The number of likely N-dealkylation sites (tertiary alicyclic amines) is 1. The van der Waals surface area contributed by atoms with Crippen molar-refractivity contribution in [1.82, 2.24) is 4.90 Å². The van der Waals surface area contributed by atoms with Crippen molar-refractivity contribution in [2.45, 2.75) is 32.2 Å². The summed E-state index contributed by atoms with van der Waals surface area (Å²) < 4.78 is 4.88. The Morgan fingerprint density at radius 3 is 2.93 bits per heavy atom. The predicted octanol–water partition coefficient (Wildman–Crippen LogP) is 0.603. The fraction of sp³-hybridized carbons (Fsp3) is 0.800. The van der Waals surface area contributed by atoms with E-state index in [-0.39, 0.29) is 5.78 Å². The summed E-state index contributed by atoms with van der Waals surface area (Å²) in [5.41, 5.74) is 0. The van der Waals surface area contributed by atoms with E-state index in [0.29, 0.717) is 13.0 Å². The van der Waals surface area contributed by atoms with Crippen molar-refractivity contribution in [2.75, 3.05) is 20.2 Å². The molecule has 0 saturated carbocycles. The summed E-state index contributed by atoms with van der Waals surface area (Å²) in [5.74, 6) is -0.412. The lowest BCUT2D eigenvalue weighted by atomic mass is 10.1. The van der Waals surface area contributed by atoms with Crippen LogP contribution in [0, 0.1) is 0 Å². The molecule has 14 heavy (non-hydrogen) atoms. The van der Waals surface area contributed by atoms with Crippen molar-refractivity contribution in [3.8, 4) is 0 Å². The minimum Gasteiger partial charge on any atom is -0.464 e. The molecule has 0 radical (unpaired) electrons. The molecule has 1 saturated heterocycles. The van der Waals surface area contributed by atoms with Gasteiger partial charge in [-0.2, -0.15) is 0 Å². The molecular formula is C10H17NO3. The zero-order chi connectivity index (χ0) is 10.6. The average molecular weight is 199 g/mol. The van der Waals surface area contributed by atoms with Crippen LogP contribution in [-0.2, 0) is 14.3 Å². The minimum absolute atomic E-state index is 0.0107. The van der Waals surface area contributed by atoms with Crippen LogP contribution in [0.25, 0.3) is 0 Å². The Morgan fingerprint density at radius 2 is 2.29 bits per heavy atom. The molecule has 1 fully saturated rings. The molecule has 0 spiro atoms. The molecule has 1 aliphatic heterocycles. The number of hydrogen-bond donors (Lipinski definition) is 0. The SMILES string of the molecule is CCOC(=O)C1C(=O)CCCCN1C. The lowest BCUT2D eigenvalue weighted by molar-refractivity contribution is -0.152. The summed E-state index contributed by atoms with van der Waals surface area (Å²) in [7, 11) is 1.80. The first-order chi connectivity index (χ1) is 6.66. The van der Waals surface area contributed by atoms with Crippen LogP contribution in [-0.4, -0.2) is 42.9 Å². The third-order valence-electron chi connectivity index (χ3n) is 2.44. The van der Waals surface area contributed by atoms with Crippen LogP contribution < -0.4 is 0 Å². The molecule has 4 heteroatoms. The summed E-state index contributed by atoms with van der Waals surface area (Å²) in [6.07, 6.45) is 2.34. The molecule has 1 unspecified atom stereocenters. The van der Waals surface area contributed by atoms with Gasteiger partial charge in [0.25, 0.3) is 0 Å². The molecule has 1 rings (SSSR count). The average Bonchev–Trinajstić information content (AvgIpc) is 2.28. The first-order valence-electron chi connectivity index (χ1n) is 5.06. The van der Waals surface area contributed by atoms with Crippen molar-refractivity contribution in [3.05, 3.63) is 0 Å². The number of ether oxygens (including phenoxy) is 1. The van der Waals surface area contributed by atoms with E-state index in [2.05, 4.69) is 0 Å². The third kappa shape index (κ3) is 2.54. The van der Waals surface area contributed by atoms with Gasteiger partial charge in [-0.25, -0.2) is 4.79 Å². The van der Waals surface area contributed by atoms with Gasteiger partial charge in [-0.05, 0) is 33.4 Å². The number of ketones is 1. The second-order valence-corrected chi connectivity index (χ2v) is 3.56. The van der Waals surface area contributed by atoms with Crippen LogP contribution in [0.4, 0.5) is 0 Å². The van der Waals surface area contributed by atoms with Gasteiger partial charge in [-0.15, -0.1) is 0 Å². The summed E-state index contributed by atoms with van der Waals surface area (Å²) in [6.45, 7) is 2.87. The number of carbonyl (C=O) groups excluding carboxylic acids is 2. The maximum absolute atomic E-state index is 11.6. The Hall–Kier alpha value is -0.900. The van der Waals surface area contributed by atoms with E-state index in [4.69, 9.17) is 4.74 Å². The molecule has 0 aromatic heterocycles. The summed E-state index contributed by atoms with van der Waals surface area (Å²) in [5, 5.41) is 0. The zero-order valence-electron chi connectivity index (χ0n) is 8.78. The summed E-state index contributed by atoms with van der Waals surface area (Å²) >= 11 is 0. The molecule has 0 aromatic rings. The Morgan fingerprint density at radius 1 is 1.57 bits per heavy atom. The Labute approximate surface area is 84.2 Å². The Kier molecular flexibility index (Phi) is 4.07. The smallest absolute Gasteiger partial charge is 0.331 e. The molecule has 4 nitrogen and oxygen atoms in total. The number of likely N-dealkylation sites (N-methyl/N-ethyl adjacent to an activating group) is 1. The molecule has 0 amide bonds. The standard InChI is InChI=1S/C10H17NO3/c1-3-14-10(13)9-8(12)6-4-5-7-11(9)2/h9H,3-7H2,1-2H3. The lowest BCUT2D eigenvalue weighted by Gasteiger charge is -2.22. The number of Topliss-reactive ketones (excluding diaryl/α,β-unsaturated/α-hetero) is 1. The molecular weight excluding hydrogens is 182 g/mol. The van der Waals surface area contributed by atoms with E-state index in [1.807, 2.05) is 0 Å². The first kappa shape index (κ1) is 11.2. The van der Waals surface area contributed by atoms with Gasteiger partial charge >= 0.3 is 5.97 Å². The number of esters is 1. The van der Waals surface area contributed by atoms with E-state index < -0.39 is 12.0 Å². The van der Waals surface area contributed by atoms with E-state index in [1.54, 1.807) is 18.9 Å². The van der Waals surface area contributed by atoms with Crippen molar-refractivity contribution in [2.24, 2.45) is 0 Å². The van der Waals surface area contributed by atoms with Crippen LogP contribution in [0.15, 0.2) is 0 Å². The Bertz CT molecular complexity index is 227. The molecule has 1 heterocycles. The maximum Gasteiger partial charge on any atom is 0.331 e. The van der Waals surface area contributed by atoms with Crippen LogP contribution in [0.3, 0.4) is 0 Å². The molecule has 0 bridgehead atoms. The van der Waals surface area contributed by atoms with Gasteiger partial charge in [0.2, 0.25) is 0 Å². The quantitative estimate of drug-likeness (QED) is 0.482. The van der Waals surface area contributed by atoms with Crippen LogP contribution in [0.2, 0.25) is 0 Å². The van der Waals surface area contributed by atoms with Gasteiger partial charge in [-0.3, -0.25) is 9.69 Å². The number of rotatable bonds is 2. The van der Waals surface area contributed by atoms with Gasteiger partial charge in [0.05, 0.1) is 6.61 Å². The molecule has 0 N–H and O–H groups in total. The minimum atomic E-state index is -0.669. The van der Waals surface area contributed by atoms with E-state index in [1.165, 1.54) is 0 Å². The Balaban J connectivity index is 2.69. The predicted molar refractivity (Wildman–Crippen MR) is 51.9 cm³/mol. The molecule has 0 aromatic carbocycles. The van der Waals surface area contributed by atoms with Gasteiger partial charge in [0.15, 0.2) is 11.8 Å². The van der Waals surface area contributed by atoms with Crippen molar-refractivity contribution < 1.29 is 14.3 Å². The largest absolute Gasteiger partial charge is 0.464 e. The highest BCUT2D eigenvalue weighted by molar-refractivity contribution is 6.03. The second kappa shape index (κ2) is 5.10. The number of hydrogen-bond acceptors (Lipinski definition) is 4. The van der Waals surface area contributed by atoms with E-state index >= 15 is 0 Å². The fourth-order valence-electron chi connectivity index (χ4n) is 1.70.